The van der Waals surface area contributed by atoms with Crippen LogP contribution >= 0.6 is 0 Å². The molecule has 0 N–H and O–H groups in total. The third-order valence-corrected chi connectivity index (χ3v) is 5.31. The van der Waals surface area contributed by atoms with Gasteiger partial charge in [0.15, 0.2) is 5.79 Å². The van der Waals surface area contributed by atoms with Gasteiger partial charge in [-0.2, -0.15) is 0 Å². The van der Waals surface area contributed by atoms with Gasteiger partial charge in [0.25, 0.3) is 0 Å². The quantitative estimate of drug-likeness (QED) is 0.719. The average molecular weight is 295 g/mol. The van der Waals surface area contributed by atoms with Crippen LogP contribution in [0.2, 0.25) is 0 Å². The highest BCUT2D eigenvalue weighted by molar-refractivity contribution is 5.06. The summed E-state index contributed by atoms with van der Waals surface area (Å²) in [5, 5.41) is 0. The molecule has 0 aromatic heterocycles. The van der Waals surface area contributed by atoms with E-state index < -0.39 is 5.79 Å². The topological polar surface area (TPSA) is 21.7 Å². The molecule has 21 heavy (non-hydrogen) atoms. The lowest BCUT2D eigenvalue weighted by molar-refractivity contribution is -0.333. The van der Waals surface area contributed by atoms with Crippen LogP contribution in [0.3, 0.4) is 0 Å². The Morgan fingerprint density at radius 2 is 1.43 bits per heavy atom. The lowest BCUT2D eigenvalue weighted by Crippen LogP contribution is -2.66. The second-order valence-corrected chi connectivity index (χ2v) is 8.49. The first kappa shape index (κ1) is 17.0. The van der Waals surface area contributed by atoms with Crippen molar-refractivity contribution in [3.8, 4) is 0 Å². The van der Waals surface area contributed by atoms with E-state index in [2.05, 4.69) is 65.6 Å². The fourth-order valence-corrected chi connectivity index (χ4v) is 3.82. The molecule has 0 bridgehead atoms. The van der Waals surface area contributed by atoms with Crippen LogP contribution in [0.15, 0.2) is 12.2 Å². The van der Waals surface area contributed by atoms with Gasteiger partial charge >= 0.3 is 0 Å². The van der Waals surface area contributed by atoms with E-state index in [4.69, 9.17) is 9.47 Å². The van der Waals surface area contributed by atoms with Crippen LogP contribution in [0.4, 0.5) is 0 Å². The van der Waals surface area contributed by atoms with E-state index in [9.17, 15) is 0 Å². The van der Waals surface area contributed by atoms with Crippen LogP contribution in [-0.2, 0) is 9.47 Å². The molecule has 0 aromatic rings. The predicted molar refractivity (Wildman–Crippen MR) is 87.3 cm³/mol. The van der Waals surface area contributed by atoms with Crippen LogP contribution in [0.1, 0.15) is 60.8 Å². The first-order valence-corrected chi connectivity index (χ1v) is 8.24. The van der Waals surface area contributed by atoms with E-state index in [-0.39, 0.29) is 16.5 Å². The lowest BCUT2D eigenvalue weighted by atomic mass is 9.75. The molecule has 2 saturated heterocycles. The smallest absolute Gasteiger partial charge is 0.171 e. The van der Waals surface area contributed by atoms with Crippen molar-refractivity contribution in [1.29, 1.82) is 0 Å². The first-order chi connectivity index (χ1) is 9.54. The van der Waals surface area contributed by atoms with Crippen molar-refractivity contribution in [3.05, 3.63) is 12.2 Å². The van der Waals surface area contributed by atoms with Crippen molar-refractivity contribution in [2.24, 2.45) is 5.41 Å². The molecule has 0 unspecified atom stereocenters. The molecule has 1 spiro atoms. The maximum atomic E-state index is 6.34. The number of nitrogens with zero attached hydrogens (tertiary/aromatic N) is 1. The highest BCUT2D eigenvalue weighted by atomic mass is 16.7. The Balaban J connectivity index is 2.14. The molecule has 2 rings (SSSR count). The van der Waals surface area contributed by atoms with Crippen molar-refractivity contribution in [2.45, 2.75) is 77.7 Å². The number of ether oxygens (including phenoxy) is 2. The van der Waals surface area contributed by atoms with Gasteiger partial charge < -0.3 is 9.47 Å². The normalized spacial score (nSPS) is 30.8. The summed E-state index contributed by atoms with van der Waals surface area (Å²) >= 11 is 0. The minimum absolute atomic E-state index is 0.0128. The molecule has 0 atom stereocenters. The fraction of sp³-hybridized carbons (Fsp3) is 0.889. The monoisotopic (exact) mass is 295 g/mol. The summed E-state index contributed by atoms with van der Waals surface area (Å²) in [5.41, 5.74) is 0.169. The maximum absolute atomic E-state index is 6.34. The number of allylic oxidation sites excluding steroid dienone is 1. The highest BCUT2D eigenvalue weighted by Crippen LogP contribution is 2.47. The molecule has 2 heterocycles. The maximum Gasteiger partial charge on any atom is 0.171 e. The minimum atomic E-state index is -0.418. The lowest BCUT2D eigenvalue weighted by Gasteiger charge is -2.59. The van der Waals surface area contributed by atoms with Gasteiger partial charge in [-0.3, -0.25) is 4.90 Å². The number of rotatable bonds is 2. The van der Waals surface area contributed by atoms with E-state index in [1.807, 2.05) is 0 Å². The van der Waals surface area contributed by atoms with Gasteiger partial charge in [-0.05, 0) is 41.2 Å². The van der Waals surface area contributed by atoms with Crippen LogP contribution in [0.5, 0.6) is 0 Å². The van der Waals surface area contributed by atoms with Crippen molar-refractivity contribution < 1.29 is 9.47 Å². The summed E-state index contributed by atoms with van der Waals surface area (Å²) in [7, 11) is 2.21. The Labute approximate surface area is 130 Å². The Morgan fingerprint density at radius 3 is 1.86 bits per heavy atom. The molecule has 122 valence electrons. The van der Waals surface area contributed by atoms with Crippen LogP contribution < -0.4 is 0 Å². The van der Waals surface area contributed by atoms with E-state index in [1.54, 1.807) is 0 Å². The summed E-state index contributed by atoms with van der Waals surface area (Å²) in [6.07, 6.45) is 7.38. The van der Waals surface area contributed by atoms with Gasteiger partial charge in [0.2, 0.25) is 0 Å². The largest absolute Gasteiger partial charge is 0.349 e. The fourth-order valence-electron chi connectivity index (χ4n) is 3.82. The Hall–Kier alpha value is -0.380. The number of likely N-dealkylation sites (tertiary alicyclic amines) is 1. The first-order valence-electron chi connectivity index (χ1n) is 8.24. The molecule has 2 fully saturated rings. The summed E-state index contributed by atoms with van der Waals surface area (Å²) < 4.78 is 12.7. The number of hydrogen-bond donors (Lipinski definition) is 0. The standard InChI is InChI=1S/C18H33NO2/c1-8-9-10-17(6)13-20-18(21-14-17)11-15(2,3)19(7)16(4,5)12-18/h9-10H,8,11-14H2,1-7H3/b10-9+. The van der Waals surface area contributed by atoms with Crippen molar-refractivity contribution in [2.75, 3.05) is 20.3 Å². The molecule has 0 aliphatic carbocycles. The molecular formula is C18H33NO2. The zero-order valence-electron chi connectivity index (χ0n) is 15.0. The molecule has 2 aliphatic heterocycles. The second-order valence-electron chi connectivity index (χ2n) is 8.49. The third kappa shape index (κ3) is 3.35. The van der Waals surface area contributed by atoms with E-state index in [0.29, 0.717) is 0 Å². The predicted octanol–water partition coefficient (Wildman–Crippen LogP) is 3.98. The van der Waals surface area contributed by atoms with E-state index in [1.165, 1.54) is 0 Å². The Morgan fingerprint density at radius 1 is 0.952 bits per heavy atom. The van der Waals surface area contributed by atoms with Crippen molar-refractivity contribution in [1.82, 2.24) is 4.90 Å². The molecular weight excluding hydrogens is 262 g/mol. The second kappa shape index (κ2) is 5.36. The van der Waals surface area contributed by atoms with Gasteiger partial charge in [0.05, 0.1) is 13.2 Å². The van der Waals surface area contributed by atoms with Gasteiger partial charge in [-0.25, -0.2) is 0 Å². The van der Waals surface area contributed by atoms with E-state index in [0.717, 1.165) is 32.5 Å². The van der Waals surface area contributed by atoms with E-state index >= 15 is 0 Å². The van der Waals surface area contributed by atoms with Gasteiger partial charge in [-0.1, -0.05) is 26.0 Å². The molecule has 0 aromatic carbocycles. The Bertz CT molecular complexity index is 383. The van der Waals surface area contributed by atoms with Gasteiger partial charge in [-0.15, -0.1) is 0 Å². The number of hydrogen-bond acceptors (Lipinski definition) is 3. The van der Waals surface area contributed by atoms with Gasteiger partial charge in [0.1, 0.15) is 0 Å². The average Bonchev–Trinajstić information content (AvgIpc) is 2.38. The summed E-state index contributed by atoms with van der Waals surface area (Å²) in [6, 6.07) is 0. The third-order valence-electron chi connectivity index (χ3n) is 5.31. The zero-order chi connectivity index (χ0) is 15.9. The van der Waals surface area contributed by atoms with Crippen LogP contribution in [0.25, 0.3) is 0 Å². The molecule has 3 heteroatoms. The van der Waals surface area contributed by atoms with Gasteiger partial charge in [0, 0.05) is 29.3 Å². The van der Waals surface area contributed by atoms with Crippen LogP contribution in [-0.4, -0.2) is 42.0 Å². The summed E-state index contributed by atoms with van der Waals surface area (Å²) in [6.45, 7) is 15.0. The van der Waals surface area contributed by atoms with Crippen LogP contribution in [0, 0.1) is 5.41 Å². The molecule has 3 nitrogen and oxygen atoms in total. The minimum Gasteiger partial charge on any atom is -0.349 e. The van der Waals surface area contributed by atoms with Crippen molar-refractivity contribution >= 4 is 0 Å². The summed E-state index contributed by atoms with van der Waals surface area (Å²) in [4.78, 5) is 2.46. The van der Waals surface area contributed by atoms with Crippen molar-refractivity contribution in [3.63, 3.8) is 0 Å². The molecule has 0 saturated carbocycles. The highest BCUT2D eigenvalue weighted by Gasteiger charge is 2.54. The molecule has 2 aliphatic rings. The zero-order valence-corrected chi connectivity index (χ0v) is 15.0. The summed E-state index contributed by atoms with van der Waals surface area (Å²) in [5.74, 6) is -0.418. The SMILES string of the molecule is CC/C=C/C1(C)COC2(CC(C)(C)N(C)C(C)(C)C2)OC1. The molecule has 0 radical (unpaired) electrons. The Kier molecular flexibility index (Phi) is 4.34. The molecule has 0 amide bonds. The number of piperidine rings is 1.